The third-order valence-electron chi connectivity index (χ3n) is 3.00. The smallest absolute Gasteiger partial charge is 0.309 e. The Bertz CT molecular complexity index is 148. The first kappa shape index (κ1) is 9.56. The molecule has 1 aliphatic rings. The lowest BCUT2D eigenvalue weighted by Gasteiger charge is -2.36. The van der Waals surface area contributed by atoms with E-state index < -0.39 is 0 Å². The van der Waals surface area contributed by atoms with Crippen LogP contribution in [0.4, 0.5) is 0 Å². The molecule has 1 radical (unpaired) electrons. The van der Waals surface area contributed by atoms with Gasteiger partial charge in [-0.25, -0.2) is 0 Å². The van der Waals surface area contributed by atoms with Crippen molar-refractivity contribution in [2.45, 2.75) is 51.5 Å². The van der Waals surface area contributed by atoms with Crippen LogP contribution in [-0.4, -0.2) is 11.9 Å². The lowest BCUT2D eigenvalue weighted by molar-refractivity contribution is 0.217. The largest absolute Gasteiger partial charge is 0.343 e. The van der Waals surface area contributed by atoms with Crippen LogP contribution in [0.25, 0.3) is 0 Å². The van der Waals surface area contributed by atoms with E-state index in [0.29, 0.717) is 5.92 Å². The molecule has 1 N–H and O–H groups in total. The maximum absolute atomic E-state index is 10.2. The fourth-order valence-corrected chi connectivity index (χ4v) is 2.06. The quantitative estimate of drug-likeness (QED) is 0.642. The molecule has 0 aliphatic heterocycles. The molecule has 0 aromatic rings. The van der Waals surface area contributed by atoms with Gasteiger partial charge in [0.15, 0.2) is 0 Å². The maximum Gasteiger partial charge on any atom is 0.309 e. The van der Waals surface area contributed by atoms with E-state index in [1.807, 2.05) is 0 Å². The summed E-state index contributed by atoms with van der Waals surface area (Å²) >= 11 is 0. The van der Waals surface area contributed by atoms with Crippen LogP contribution in [0.5, 0.6) is 0 Å². The summed E-state index contributed by atoms with van der Waals surface area (Å²) < 4.78 is 0. The monoisotopic (exact) mass is 168 g/mol. The summed E-state index contributed by atoms with van der Waals surface area (Å²) in [5.41, 5.74) is -0.0534. The van der Waals surface area contributed by atoms with Crippen LogP contribution < -0.4 is 5.32 Å². The van der Waals surface area contributed by atoms with Crippen LogP contribution >= 0.6 is 0 Å². The van der Waals surface area contributed by atoms with Crippen molar-refractivity contribution in [2.75, 3.05) is 0 Å². The second kappa shape index (κ2) is 3.92. The van der Waals surface area contributed by atoms with Gasteiger partial charge in [-0.3, -0.25) is 4.79 Å². The number of hydrogen-bond donors (Lipinski definition) is 1. The molecule has 1 rings (SSSR count). The van der Waals surface area contributed by atoms with Gasteiger partial charge in [-0.2, -0.15) is 0 Å². The molecular formula is C10H18NO. The van der Waals surface area contributed by atoms with Crippen molar-refractivity contribution in [3.05, 3.63) is 0 Å². The summed E-state index contributed by atoms with van der Waals surface area (Å²) in [6.07, 6.45) is 8.30. The van der Waals surface area contributed by atoms with E-state index in [4.69, 9.17) is 0 Å². The second-order valence-corrected chi connectivity index (χ2v) is 4.28. The minimum absolute atomic E-state index is 0.0534. The summed E-state index contributed by atoms with van der Waals surface area (Å²) in [5.74, 6) is 0.646. The molecule has 0 aromatic heterocycles. The molecule has 2 nitrogen and oxygen atoms in total. The molecule has 69 valence electrons. The topological polar surface area (TPSA) is 29.1 Å². The summed E-state index contributed by atoms with van der Waals surface area (Å²) in [6, 6.07) is 0. The molecule has 0 atom stereocenters. The van der Waals surface area contributed by atoms with Gasteiger partial charge in [0, 0.05) is 5.54 Å². The molecule has 0 saturated heterocycles. The van der Waals surface area contributed by atoms with Crippen molar-refractivity contribution in [1.82, 2.24) is 5.32 Å². The van der Waals surface area contributed by atoms with E-state index in [2.05, 4.69) is 19.2 Å². The van der Waals surface area contributed by atoms with Gasteiger partial charge in [-0.1, -0.05) is 19.3 Å². The lowest BCUT2D eigenvalue weighted by Crippen LogP contribution is -2.46. The highest BCUT2D eigenvalue weighted by Crippen LogP contribution is 2.31. The summed E-state index contributed by atoms with van der Waals surface area (Å²) in [6.45, 7) is 4.18. The zero-order chi connectivity index (χ0) is 9.03. The first-order chi connectivity index (χ1) is 5.67. The third kappa shape index (κ3) is 2.23. The van der Waals surface area contributed by atoms with Crippen molar-refractivity contribution >= 4 is 6.41 Å². The Morgan fingerprint density at radius 2 is 1.83 bits per heavy atom. The summed E-state index contributed by atoms with van der Waals surface area (Å²) in [7, 11) is 0. The molecule has 1 saturated carbocycles. The van der Waals surface area contributed by atoms with Gasteiger partial charge < -0.3 is 5.32 Å². The van der Waals surface area contributed by atoms with Gasteiger partial charge in [-0.15, -0.1) is 0 Å². The average molecular weight is 168 g/mol. The van der Waals surface area contributed by atoms with E-state index in [9.17, 15) is 4.79 Å². The van der Waals surface area contributed by atoms with Gasteiger partial charge in [-0.05, 0) is 32.6 Å². The van der Waals surface area contributed by atoms with Crippen molar-refractivity contribution in [3.63, 3.8) is 0 Å². The number of carbonyl (C=O) groups excluding carboxylic acids is 1. The Balaban J connectivity index is 2.47. The van der Waals surface area contributed by atoms with Gasteiger partial charge in [0.25, 0.3) is 0 Å². The van der Waals surface area contributed by atoms with E-state index in [0.717, 1.165) is 0 Å². The third-order valence-corrected chi connectivity index (χ3v) is 3.00. The van der Waals surface area contributed by atoms with E-state index in [1.54, 1.807) is 6.41 Å². The van der Waals surface area contributed by atoms with Crippen molar-refractivity contribution in [1.29, 1.82) is 0 Å². The second-order valence-electron chi connectivity index (χ2n) is 4.28. The standard InChI is InChI=1S/C10H18NO/c1-10(2,11-8-12)9-6-4-3-5-7-9/h9H,3-7H2,1-2H3,(H,11,12). The number of amides is 1. The fourth-order valence-electron chi connectivity index (χ4n) is 2.06. The molecule has 1 amide bonds. The van der Waals surface area contributed by atoms with Crippen molar-refractivity contribution < 1.29 is 4.79 Å². The molecule has 1 aliphatic carbocycles. The first-order valence-corrected chi connectivity index (χ1v) is 4.81. The zero-order valence-corrected chi connectivity index (χ0v) is 8.02. The Morgan fingerprint density at radius 3 is 2.33 bits per heavy atom. The highest BCUT2D eigenvalue weighted by Gasteiger charge is 2.29. The van der Waals surface area contributed by atoms with Crippen molar-refractivity contribution in [3.8, 4) is 0 Å². The van der Waals surface area contributed by atoms with E-state index in [1.165, 1.54) is 32.1 Å². The van der Waals surface area contributed by atoms with E-state index >= 15 is 0 Å². The molecule has 1 fully saturated rings. The average Bonchev–Trinajstić information content (AvgIpc) is 2.06. The number of hydrogen-bond acceptors (Lipinski definition) is 1. The lowest BCUT2D eigenvalue weighted by atomic mass is 9.77. The van der Waals surface area contributed by atoms with Crippen LogP contribution in [0.2, 0.25) is 0 Å². The Hall–Kier alpha value is -0.530. The SMILES string of the molecule is CC(C)(N[C]=O)C1CCCCC1. The fraction of sp³-hybridized carbons (Fsp3) is 0.900. The van der Waals surface area contributed by atoms with Crippen LogP contribution in [-0.2, 0) is 4.79 Å². The van der Waals surface area contributed by atoms with Gasteiger partial charge in [0.2, 0.25) is 0 Å². The minimum Gasteiger partial charge on any atom is -0.343 e. The predicted octanol–water partition coefficient (Wildman–Crippen LogP) is 2.00. The van der Waals surface area contributed by atoms with Crippen LogP contribution in [0.15, 0.2) is 0 Å². The Labute approximate surface area is 74.7 Å². The molecule has 0 bridgehead atoms. The predicted molar refractivity (Wildman–Crippen MR) is 49.5 cm³/mol. The van der Waals surface area contributed by atoms with Gasteiger partial charge in [0.1, 0.15) is 0 Å². The summed E-state index contributed by atoms with van der Waals surface area (Å²) in [4.78, 5) is 10.2. The Kier molecular flexibility index (Phi) is 3.12. The normalized spacial score (nSPS) is 20.5. The van der Waals surface area contributed by atoms with Crippen LogP contribution in [0.1, 0.15) is 46.0 Å². The molecule has 12 heavy (non-hydrogen) atoms. The molecule has 0 spiro atoms. The zero-order valence-electron chi connectivity index (χ0n) is 8.02. The highest BCUT2D eigenvalue weighted by molar-refractivity contribution is 5.48. The Morgan fingerprint density at radius 1 is 1.25 bits per heavy atom. The van der Waals surface area contributed by atoms with E-state index in [-0.39, 0.29) is 5.54 Å². The number of nitrogens with one attached hydrogen (secondary N) is 1. The summed E-state index contributed by atoms with van der Waals surface area (Å²) in [5, 5.41) is 2.79. The maximum atomic E-state index is 10.2. The number of rotatable bonds is 3. The molecular weight excluding hydrogens is 150 g/mol. The van der Waals surface area contributed by atoms with Crippen LogP contribution in [0, 0.1) is 5.92 Å². The first-order valence-electron chi connectivity index (χ1n) is 4.81. The minimum atomic E-state index is -0.0534. The van der Waals surface area contributed by atoms with Crippen molar-refractivity contribution in [2.24, 2.45) is 5.92 Å². The molecule has 0 unspecified atom stereocenters. The molecule has 0 heterocycles. The van der Waals surface area contributed by atoms with Gasteiger partial charge >= 0.3 is 6.41 Å². The highest BCUT2D eigenvalue weighted by atomic mass is 16.1. The van der Waals surface area contributed by atoms with Gasteiger partial charge in [0.05, 0.1) is 0 Å². The molecule has 2 heteroatoms. The van der Waals surface area contributed by atoms with Crippen LogP contribution in [0.3, 0.4) is 0 Å². The molecule has 0 aromatic carbocycles.